The van der Waals surface area contributed by atoms with Crippen LogP contribution in [0.3, 0.4) is 0 Å². The monoisotopic (exact) mass is 447 g/mol. The molecule has 1 saturated heterocycles. The Hall–Kier alpha value is -2.72. The normalized spacial score (nSPS) is 15.7. The molecule has 2 aromatic rings. The first kappa shape index (κ1) is 23.0. The van der Waals surface area contributed by atoms with E-state index >= 15 is 0 Å². The summed E-state index contributed by atoms with van der Waals surface area (Å²) in [6.07, 6.45) is 2.28. The van der Waals surface area contributed by atoms with Crippen molar-refractivity contribution < 1.29 is 18.0 Å². The molecule has 2 N–H and O–H groups in total. The van der Waals surface area contributed by atoms with Gasteiger partial charge in [0.1, 0.15) is 5.69 Å². The summed E-state index contributed by atoms with van der Waals surface area (Å²) in [5.74, 6) is -0.572. The maximum absolute atomic E-state index is 12.8. The Bertz CT molecular complexity index is 1030. The molecule has 10 heteroatoms. The Kier molecular flexibility index (Phi) is 7.11. The van der Waals surface area contributed by atoms with Crippen molar-refractivity contribution in [2.24, 2.45) is 18.9 Å². The van der Waals surface area contributed by atoms with Gasteiger partial charge in [0.2, 0.25) is 15.9 Å². The molecule has 0 aliphatic carbocycles. The van der Waals surface area contributed by atoms with Gasteiger partial charge < -0.3 is 10.6 Å². The van der Waals surface area contributed by atoms with E-state index in [9.17, 15) is 18.0 Å². The fraction of sp³-hybridized carbons (Fsp3) is 0.476. The molecule has 1 aromatic carbocycles. The fourth-order valence-electron chi connectivity index (χ4n) is 3.51. The van der Waals surface area contributed by atoms with Gasteiger partial charge in [0.15, 0.2) is 0 Å². The number of hydrogen-bond acceptors (Lipinski definition) is 5. The number of benzene rings is 1. The zero-order valence-corrected chi connectivity index (χ0v) is 18.9. The molecule has 9 nitrogen and oxygen atoms in total. The first-order valence-electron chi connectivity index (χ1n) is 10.4. The second-order valence-electron chi connectivity index (χ2n) is 8.11. The van der Waals surface area contributed by atoms with E-state index in [0.29, 0.717) is 31.0 Å². The van der Waals surface area contributed by atoms with E-state index < -0.39 is 10.0 Å². The Morgan fingerprint density at radius 2 is 1.81 bits per heavy atom. The van der Waals surface area contributed by atoms with E-state index in [2.05, 4.69) is 15.7 Å². The zero-order chi connectivity index (χ0) is 22.6. The molecule has 168 valence electrons. The van der Waals surface area contributed by atoms with Crippen LogP contribution in [0.4, 0.5) is 5.69 Å². The highest BCUT2D eigenvalue weighted by Crippen LogP contribution is 2.25. The first-order chi connectivity index (χ1) is 14.7. The summed E-state index contributed by atoms with van der Waals surface area (Å²) in [5.41, 5.74) is 0.645. The van der Waals surface area contributed by atoms with Crippen molar-refractivity contribution in [3.8, 4) is 0 Å². The quantitative estimate of drug-likeness (QED) is 0.672. The highest BCUT2D eigenvalue weighted by atomic mass is 32.2. The van der Waals surface area contributed by atoms with Gasteiger partial charge in [0, 0.05) is 32.6 Å². The van der Waals surface area contributed by atoms with Crippen LogP contribution in [-0.4, -0.2) is 54.0 Å². The summed E-state index contributed by atoms with van der Waals surface area (Å²) < 4.78 is 28.4. The predicted octanol–water partition coefficient (Wildman–Crippen LogP) is 1.85. The number of carbonyl (C=O) groups excluding carboxylic acids is 2. The molecule has 1 aliphatic rings. The van der Waals surface area contributed by atoms with Crippen molar-refractivity contribution >= 4 is 27.5 Å². The number of aromatic nitrogens is 2. The maximum atomic E-state index is 12.8. The molecule has 0 unspecified atom stereocenters. The van der Waals surface area contributed by atoms with Crippen molar-refractivity contribution in [2.45, 2.75) is 31.6 Å². The minimum Gasteiger partial charge on any atom is -0.350 e. The number of nitrogens with one attached hydrogen (secondary N) is 2. The molecular weight excluding hydrogens is 418 g/mol. The molecule has 2 heterocycles. The molecule has 1 aromatic heterocycles. The summed E-state index contributed by atoms with van der Waals surface area (Å²) in [6, 6.07) is 8.29. The molecular formula is C21H29N5O4S. The lowest BCUT2D eigenvalue weighted by molar-refractivity contribution is -0.120. The summed E-state index contributed by atoms with van der Waals surface area (Å²) >= 11 is 0. The second kappa shape index (κ2) is 9.61. The van der Waals surface area contributed by atoms with Gasteiger partial charge >= 0.3 is 0 Å². The van der Waals surface area contributed by atoms with Gasteiger partial charge in [-0.25, -0.2) is 8.42 Å². The van der Waals surface area contributed by atoms with Crippen LogP contribution in [-0.2, 0) is 21.9 Å². The van der Waals surface area contributed by atoms with E-state index in [1.165, 1.54) is 15.2 Å². The fourth-order valence-corrected chi connectivity index (χ4v) is 5.00. The van der Waals surface area contributed by atoms with Crippen LogP contribution < -0.4 is 10.6 Å². The van der Waals surface area contributed by atoms with Crippen LogP contribution >= 0.6 is 0 Å². The van der Waals surface area contributed by atoms with E-state index in [1.54, 1.807) is 37.4 Å². The van der Waals surface area contributed by atoms with Gasteiger partial charge in [0.05, 0.1) is 16.8 Å². The Labute approximate surface area is 182 Å². The number of hydrogen-bond donors (Lipinski definition) is 2. The van der Waals surface area contributed by atoms with Gasteiger partial charge in [-0.15, -0.1) is 0 Å². The highest BCUT2D eigenvalue weighted by molar-refractivity contribution is 7.89. The van der Waals surface area contributed by atoms with E-state index in [-0.39, 0.29) is 41.4 Å². The summed E-state index contributed by atoms with van der Waals surface area (Å²) in [4.78, 5) is 25.6. The first-order valence-corrected chi connectivity index (χ1v) is 11.8. The summed E-state index contributed by atoms with van der Waals surface area (Å²) in [6.45, 7) is 5.05. The number of rotatable bonds is 7. The molecule has 0 saturated carbocycles. The van der Waals surface area contributed by atoms with E-state index in [0.717, 1.165) is 0 Å². The third-order valence-electron chi connectivity index (χ3n) is 5.29. The number of sulfonamides is 1. The van der Waals surface area contributed by atoms with Crippen LogP contribution in [0.2, 0.25) is 0 Å². The molecule has 31 heavy (non-hydrogen) atoms. The molecule has 0 atom stereocenters. The Balaban J connectivity index is 1.62. The zero-order valence-electron chi connectivity index (χ0n) is 18.0. The standard InChI is InChI=1S/C21H29N5O4S/c1-15(2)13-22-21(28)19-18(14-23-25(19)3)24-20(27)16-9-11-26(12-10-16)31(29,30)17-7-5-4-6-8-17/h4-8,14-16H,9-13H2,1-3H3,(H,22,28)(H,24,27). The average molecular weight is 448 g/mol. The highest BCUT2D eigenvalue weighted by Gasteiger charge is 2.32. The number of nitrogens with zero attached hydrogens (tertiary/aromatic N) is 3. The SMILES string of the molecule is CC(C)CNC(=O)c1c(NC(=O)C2CCN(S(=O)(=O)c3ccccc3)CC2)cnn1C. The number of aryl methyl sites for hydroxylation is 1. The summed E-state index contributed by atoms with van der Waals surface area (Å²) in [5, 5.41) is 9.73. The second-order valence-corrected chi connectivity index (χ2v) is 10.1. The average Bonchev–Trinajstić information content (AvgIpc) is 3.12. The van der Waals surface area contributed by atoms with E-state index in [4.69, 9.17) is 0 Å². The topological polar surface area (TPSA) is 113 Å². The summed E-state index contributed by atoms with van der Waals surface area (Å²) in [7, 11) is -1.92. The van der Waals surface area contributed by atoms with Crippen molar-refractivity contribution in [3.63, 3.8) is 0 Å². The predicted molar refractivity (Wildman–Crippen MR) is 117 cm³/mol. The van der Waals surface area contributed by atoms with Gasteiger partial charge in [-0.1, -0.05) is 32.0 Å². The van der Waals surface area contributed by atoms with Crippen LogP contribution in [0.15, 0.2) is 41.4 Å². The van der Waals surface area contributed by atoms with Gasteiger partial charge in [0.25, 0.3) is 5.91 Å². The molecule has 1 fully saturated rings. The van der Waals surface area contributed by atoms with Crippen LogP contribution in [0.1, 0.15) is 37.2 Å². The number of anilines is 1. The van der Waals surface area contributed by atoms with Gasteiger partial charge in [-0.3, -0.25) is 14.3 Å². The lowest BCUT2D eigenvalue weighted by Gasteiger charge is -2.30. The smallest absolute Gasteiger partial charge is 0.271 e. The van der Waals surface area contributed by atoms with Crippen LogP contribution in [0, 0.1) is 11.8 Å². The van der Waals surface area contributed by atoms with Crippen molar-refractivity contribution in [1.82, 2.24) is 19.4 Å². The molecule has 0 spiro atoms. The molecule has 0 bridgehead atoms. The van der Waals surface area contributed by atoms with E-state index in [1.807, 2.05) is 13.8 Å². The van der Waals surface area contributed by atoms with Gasteiger partial charge in [-0.2, -0.15) is 9.40 Å². The Morgan fingerprint density at radius 1 is 1.16 bits per heavy atom. The minimum atomic E-state index is -3.56. The van der Waals surface area contributed by atoms with Gasteiger partial charge in [-0.05, 0) is 30.9 Å². The van der Waals surface area contributed by atoms with Crippen molar-refractivity contribution in [2.75, 3.05) is 25.0 Å². The van der Waals surface area contributed by atoms with Crippen molar-refractivity contribution in [3.05, 3.63) is 42.2 Å². The largest absolute Gasteiger partial charge is 0.350 e. The van der Waals surface area contributed by atoms with Crippen LogP contribution in [0.5, 0.6) is 0 Å². The third-order valence-corrected chi connectivity index (χ3v) is 7.20. The third kappa shape index (κ3) is 5.31. The minimum absolute atomic E-state index is 0.234. The number of amides is 2. The Morgan fingerprint density at radius 3 is 2.42 bits per heavy atom. The maximum Gasteiger partial charge on any atom is 0.271 e. The lowest BCUT2D eigenvalue weighted by atomic mass is 9.97. The molecule has 1 aliphatic heterocycles. The van der Waals surface area contributed by atoms with Crippen molar-refractivity contribution in [1.29, 1.82) is 0 Å². The molecule has 2 amide bonds. The van der Waals surface area contributed by atoms with Crippen LogP contribution in [0.25, 0.3) is 0 Å². The number of piperidine rings is 1. The molecule has 0 radical (unpaired) electrons. The molecule has 3 rings (SSSR count). The number of carbonyl (C=O) groups is 2. The lowest BCUT2D eigenvalue weighted by Crippen LogP contribution is -2.41.